The molecule has 1 aromatic heterocycles. The van der Waals surface area contributed by atoms with Gasteiger partial charge in [0.15, 0.2) is 0 Å². The molecule has 0 saturated heterocycles. The Kier molecular flexibility index (Phi) is 6.06. The van der Waals surface area contributed by atoms with Crippen LogP contribution >= 0.6 is 0 Å². The minimum absolute atomic E-state index is 0.189. The van der Waals surface area contributed by atoms with E-state index in [1.165, 1.54) is 4.68 Å². The third kappa shape index (κ3) is 4.39. The van der Waals surface area contributed by atoms with E-state index in [4.69, 9.17) is 14.6 Å². The lowest BCUT2D eigenvalue weighted by molar-refractivity contribution is -0.142. The lowest BCUT2D eigenvalue weighted by Gasteiger charge is -2.13. The number of aliphatic hydroxyl groups excluding tert-OH is 2. The highest BCUT2D eigenvalue weighted by Crippen LogP contribution is 2.15. The second kappa shape index (κ2) is 7.33. The molecule has 0 aromatic carbocycles. The Balaban J connectivity index is 2.63. The van der Waals surface area contributed by atoms with Crippen LogP contribution in [0.3, 0.4) is 0 Å². The first-order valence-electron chi connectivity index (χ1n) is 5.63. The van der Waals surface area contributed by atoms with Crippen LogP contribution in [-0.2, 0) is 16.0 Å². The van der Waals surface area contributed by atoms with Crippen molar-refractivity contribution in [3.8, 4) is 0 Å². The SMILES string of the molecule is CCOC(OCC)c1cn(CC(O)CO)nn1. The van der Waals surface area contributed by atoms with Crippen molar-refractivity contribution in [3.63, 3.8) is 0 Å². The van der Waals surface area contributed by atoms with Gasteiger partial charge in [-0.3, -0.25) is 0 Å². The number of hydrogen-bond donors (Lipinski definition) is 2. The number of ether oxygens (including phenoxy) is 2. The molecule has 0 aliphatic carbocycles. The van der Waals surface area contributed by atoms with Crippen molar-refractivity contribution in [3.05, 3.63) is 11.9 Å². The lowest BCUT2D eigenvalue weighted by atomic mass is 10.4. The van der Waals surface area contributed by atoms with Crippen molar-refractivity contribution in [1.82, 2.24) is 15.0 Å². The summed E-state index contributed by atoms with van der Waals surface area (Å²) in [5, 5.41) is 25.7. The second-order valence-electron chi connectivity index (χ2n) is 3.44. The summed E-state index contributed by atoms with van der Waals surface area (Å²) in [6.07, 6.45) is 0.252. The molecule has 2 N–H and O–H groups in total. The standard InChI is InChI=1S/C10H19N3O4/c1-3-16-10(17-4-2)9-6-13(12-11-9)5-8(15)7-14/h6,8,10,14-15H,3-5,7H2,1-2H3. The Labute approximate surface area is 100.0 Å². The van der Waals surface area contributed by atoms with Crippen molar-refractivity contribution >= 4 is 0 Å². The van der Waals surface area contributed by atoms with Gasteiger partial charge in [-0.15, -0.1) is 5.10 Å². The summed E-state index contributed by atoms with van der Waals surface area (Å²) >= 11 is 0. The predicted octanol–water partition coefficient (Wildman–Crippen LogP) is -0.297. The molecule has 7 nitrogen and oxygen atoms in total. The van der Waals surface area contributed by atoms with Gasteiger partial charge >= 0.3 is 0 Å². The molecule has 0 saturated carbocycles. The van der Waals surface area contributed by atoms with Gasteiger partial charge in [-0.2, -0.15) is 0 Å². The molecule has 1 rings (SSSR count). The van der Waals surface area contributed by atoms with Gasteiger partial charge in [-0.1, -0.05) is 5.21 Å². The first-order valence-corrected chi connectivity index (χ1v) is 5.63. The maximum absolute atomic E-state index is 9.26. The van der Waals surface area contributed by atoms with Gasteiger partial charge in [0.25, 0.3) is 0 Å². The van der Waals surface area contributed by atoms with Gasteiger partial charge in [-0.25, -0.2) is 4.68 Å². The smallest absolute Gasteiger partial charge is 0.204 e. The summed E-state index contributed by atoms with van der Waals surface area (Å²) < 4.78 is 12.2. The highest BCUT2D eigenvalue weighted by atomic mass is 16.7. The number of aromatic nitrogens is 3. The van der Waals surface area contributed by atoms with Gasteiger partial charge in [0.2, 0.25) is 6.29 Å². The number of rotatable bonds is 8. The van der Waals surface area contributed by atoms with Crippen LogP contribution in [0.5, 0.6) is 0 Å². The fourth-order valence-electron chi connectivity index (χ4n) is 1.31. The third-order valence-corrected chi connectivity index (χ3v) is 2.04. The summed E-state index contributed by atoms with van der Waals surface area (Å²) in [4.78, 5) is 0. The Morgan fingerprint density at radius 1 is 1.35 bits per heavy atom. The molecule has 98 valence electrons. The second-order valence-corrected chi connectivity index (χ2v) is 3.44. The molecule has 7 heteroatoms. The number of aliphatic hydroxyl groups is 2. The summed E-state index contributed by atoms with van der Waals surface area (Å²) in [5.74, 6) is 0. The van der Waals surface area contributed by atoms with Crippen molar-refractivity contribution in [2.45, 2.75) is 32.8 Å². The predicted molar refractivity (Wildman–Crippen MR) is 59.1 cm³/mol. The van der Waals surface area contributed by atoms with E-state index in [1.54, 1.807) is 6.20 Å². The maximum Gasteiger partial charge on any atom is 0.204 e. The molecule has 1 atom stereocenters. The minimum atomic E-state index is -0.845. The average Bonchev–Trinajstić information content (AvgIpc) is 2.77. The topological polar surface area (TPSA) is 89.6 Å². The van der Waals surface area contributed by atoms with E-state index in [1.807, 2.05) is 13.8 Å². The van der Waals surface area contributed by atoms with Crippen molar-refractivity contribution < 1.29 is 19.7 Å². The number of hydrogen-bond acceptors (Lipinski definition) is 6. The van der Waals surface area contributed by atoms with Gasteiger partial charge in [0.05, 0.1) is 25.5 Å². The van der Waals surface area contributed by atoms with Gasteiger partial charge in [-0.05, 0) is 13.8 Å². The zero-order valence-corrected chi connectivity index (χ0v) is 10.1. The molecular weight excluding hydrogens is 226 g/mol. The summed E-state index contributed by atoms with van der Waals surface area (Å²) in [6, 6.07) is 0. The fraction of sp³-hybridized carbons (Fsp3) is 0.800. The summed E-state index contributed by atoms with van der Waals surface area (Å²) in [6.45, 7) is 4.63. The number of nitrogens with zero attached hydrogens (tertiary/aromatic N) is 3. The van der Waals surface area contributed by atoms with Crippen LogP contribution < -0.4 is 0 Å². The van der Waals surface area contributed by atoms with Crippen LogP contribution in [0, 0.1) is 0 Å². The highest BCUT2D eigenvalue weighted by molar-refractivity contribution is 4.94. The maximum atomic E-state index is 9.26. The van der Waals surface area contributed by atoms with E-state index in [0.29, 0.717) is 18.9 Å². The minimum Gasteiger partial charge on any atom is -0.394 e. The van der Waals surface area contributed by atoms with Gasteiger partial charge < -0.3 is 19.7 Å². The normalized spacial score (nSPS) is 13.2. The Hall–Kier alpha value is -1.02. The van der Waals surface area contributed by atoms with E-state index < -0.39 is 12.4 Å². The molecule has 0 spiro atoms. The van der Waals surface area contributed by atoms with Crippen molar-refractivity contribution in [2.24, 2.45) is 0 Å². The third-order valence-electron chi connectivity index (χ3n) is 2.04. The van der Waals surface area contributed by atoms with Crippen molar-refractivity contribution in [1.29, 1.82) is 0 Å². The fourth-order valence-corrected chi connectivity index (χ4v) is 1.31. The van der Waals surface area contributed by atoms with E-state index >= 15 is 0 Å². The van der Waals surface area contributed by atoms with Gasteiger partial charge in [0, 0.05) is 13.2 Å². The Bertz CT molecular complexity index is 312. The zero-order valence-electron chi connectivity index (χ0n) is 10.1. The largest absolute Gasteiger partial charge is 0.394 e. The summed E-state index contributed by atoms with van der Waals surface area (Å²) in [5.41, 5.74) is 0.554. The lowest BCUT2D eigenvalue weighted by Crippen LogP contribution is -2.20. The molecule has 1 aromatic rings. The highest BCUT2D eigenvalue weighted by Gasteiger charge is 2.16. The Morgan fingerprint density at radius 3 is 2.53 bits per heavy atom. The molecule has 1 unspecified atom stereocenters. The van der Waals surface area contributed by atoms with Crippen LogP contribution in [-0.4, -0.2) is 51.1 Å². The average molecular weight is 245 g/mol. The molecule has 0 fully saturated rings. The zero-order chi connectivity index (χ0) is 12.7. The molecule has 0 aliphatic heterocycles. The van der Waals surface area contributed by atoms with Crippen LogP contribution in [0.2, 0.25) is 0 Å². The molecule has 17 heavy (non-hydrogen) atoms. The molecular formula is C10H19N3O4. The van der Waals surface area contributed by atoms with Crippen LogP contribution in [0.25, 0.3) is 0 Å². The van der Waals surface area contributed by atoms with E-state index in [-0.39, 0.29) is 13.2 Å². The molecule has 1 heterocycles. The molecule has 0 aliphatic rings. The Morgan fingerprint density at radius 2 is 2.00 bits per heavy atom. The monoisotopic (exact) mass is 245 g/mol. The quantitative estimate of drug-likeness (QED) is 0.611. The van der Waals surface area contributed by atoms with Crippen molar-refractivity contribution in [2.75, 3.05) is 19.8 Å². The molecule has 0 bridgehead atoms. The van der Waals surface area contributed by atoms with Gasteiger partial charge in [0.1, 0.15) is 5.69 Å². The van der Waals surface area contributed by atoms with E-state index in [0.717, 1.165) is 0 Å². The van der Waals surface area contributed by atoms with Crippen LogP contribution in [0.15, 0.2) is 6.20 Å². The first-order chi connectivity index (χ1) is 8.21. The molecule has 0 amide bonds. The van der Waals surface area contributed by atoms with Crippen LogP contribution in [0.4, 0.5) is 0 Å². The first kappa shape index (κ1) is 14.0. The molecule has 0 radical (unpaired) electrons. The van der Waals surface area contributed by atoms with Crippen LogP contribution in [0.1, 0.15) is 25.8 Å². The van der Waals surface area contributed by atoms with E-state index in [2.05, 4.69) is 10.3 Å². The van der Waals surface area contributed by atoms with E-state index in [9.17, 15) is 5.11 Å². The summed E-state index contributed by atoms with van der Waals surface area (Å²) in [7, 11) is 0.